The van der Waals surface area contributed by atoms with Gasteiger partial charge in [0.1, 0.15) is 5.82 Å². The summed E-state index contributed by atoms with van der Waals surface area (Å²) in [5.74, 6) is -0.681. The summed E-state index contributed by atoms with van der Waals surface area (Å²) in [5.41, 5.74) is 0.975. The summed E-state index contributed by atoms with van der Waals surface area (Å²) in [6, 6.07) is 4.78. The van der Waals surface area contributed by atoms with E-state index >= 15 is 0 Å². The van der Waals surface area contributed by atoms with Gasteiger partial charge in [0.2, 0.25) is 0 Å². The molecule has 0 aliphatic carbocycles. The third kappa shape index (κ3) is 2.60. The van der Waals surface area contributed by atoms with Gasteiger partial charge in [-0.25, -0.2) is 4.39 Å². The minimum absolute atomic E-state index is 0.0817. The maximum absolute atomic E-state index is 13.6. The number of benzene rings is 1. The highest BCUT2D eigenvalue weighted by Gasteiger charge is 2.19. The predicted octanol–water partition coefficient (Wildman–Crippen LogP) is 3.00. The van der Waals surface area contributed by atoms with E-state index in [1.165, 1.54) is 6.07 Å². The van der Waals surface area contributed by atoms with Gasteiger partial charge in [-0.1, -0.05) is 6.07 Å². The second-order valence-electron chi connectivity index (χ2n) is 4.17. The first-order chi connectivity index (χ1) is 7.47. The second kappa shape index (κ2) is 5.10. The number of rotatable bonds is 3. The molecule has 0 heterocycles. The Morgan fingerprint density at radius 3 is 2.50 bits per heavy atom. The van der Waals surface area contributed by atoms with Crippen LogP contribution in [-0.4, -0.2) is 23.4 Å². The molecule has 0 atom stereocenters. The fraction of sp³-hybridized carbons (Fsp3) is 0.462. The summed E-state index contributed by atoms with van der Waals surface area (Å²) in [6.07, 6.45) is 0. The Morgan fingerprint density at radius 2 is 2.06 bits per heavy atom. The van der Waals surface area contributed by atoms with Gasteiger partial charge < -0.3 is 4.90 Å². The molecule has 0 saturated carbocycles. The molecule has 16 heavy (non-hydrogen) atoms. The van der Waals surface area contributed by atoms with Gasteiger partial charge in [-0.05, 0) is 45.4 Å². The highest BCUT2D eigenvalue weighted by atomic mass is 19.1. The molecular formula is C13H18FNO. The monoisotopic (exact) mass is 223 g/mol. The second-order valence-corrected chi connectivity index (χ2v) is 4.17. The standard InChI is InChI=1S/C13H18FNO/c1-5-15(9(2)3)13(16)11-7-6-10(4)8-12(11)14/h6-9H,5H2,1-4H3. The minimum Gasteiger partial charge on any atom is -0.336 e. The van der Waals surface area contributed by atoms with Crippen molar-refractivity contribution in [3.05, 3.63) is 35.1 Å². The normalized spacial score (nSPS) is 10.6. The third-order valence-corrected chi connectivity index (χ3v) is 2.58. The molecule has 0 fully saturated rings. The van der Waals surface area contributed by atoms with Gasteiger partial charge >= 0.3 is 0 Å². The lowest BCUT2D eigenvalue weighted by atomic mass is 10.1. The Bertz CT molecular complexity index is 388. The summed E-state index contributed by atoms with van der Waals surface area (Å²) >= 11 is 0. The highest BCUT2D eigenvalue weighted by Crippen LogP contribution is 2.14. The van der Waals surface area contributed by atoms with E-state index in [2.05, 4.69) is 0 Å². The van der Waals surface area contributed by atoms with Crippen LogP contribution >= 0.6 is 0 Å². The van der Waals surface area contributed by atoms with Crippen LogP contribution in [0, 0.1) is 12.7 Å². The van der Waals surface area contributed by atoms with Crippen LogP contribution in [0.3, 0.4) is 0 Å². The maximum atomic E-state index is 13.6. The fourth-order valence-corrected chi connectivity index (χ4v) is 1.69. The van der Waals surface area contributed by atoms with Crippen LogP contribution in [0.15, 0.2) is 18.2 Å². The SMILES string of the molecule is CCN(C(=O)c1ccc(C)cc1F)C(C)C. The van der Waals surface area contributed by atoms with E-state index in [9.17, 15) is 9.18 Å². The van der Waals surface area contributed by atoms with Gasteiger partial charge in [-0.3, -0.25) is 4.79 Å². The van der Waals surface area contributed by atoms with Crippen molar-refractivity contribution >= 4 is 5.91 Å². The summed E-state index contributed by atoms with van der Waals surface area (Å²) in [6.45, 7) is 8.13. The van der Waals surface area contributed by atoms with Gasteiger partial charge in [0, 0.05) is 12.6 Å². The Balaban J connectivity index is 3.04. The quantitative estimate of drug-likeness (QED) is 0.771. The minimum atomic E-state index is -0.441. The van der Waals surface area contributed by atoms with Gasteiger partial charge in [0.15, 0.2) is 0 Å². The fourth-order valence-electron chi connectivity index (χ4n) is 1.69. The van der Waals surface area contributed by atoms with Crippen molar-refractivity contribution in [3.8, 4) is 0 Å². The summed E-state index contributed by atoms with van der Waals surface area (Å²) in [7, 11) is 0. The molecule has 0 aliphatic rings. The topological polar surface area (TPSA) is 20.3 Å². The van der Waals surface area contributed by atoms with E-state index in [1.807, 2.05) is 20.8 Å². The molecule has 1 rings (SSSR count). The lowest BCUT2D eigenvalue weighted by Crippen LogP contribution is -2.37. The van der Waals surface area contributed by atoms with Crippen molar-refractivity contribution in [2.45, 2.75) is 33.7 Å². The van der Waals surface area contributed by atoms with E-state index in [0.717, 1.165) is 5.56 Å². The largest absolute Gasteiger partial charge is 0.336 e. The number of nitrogens with zero attached hydrogens (tertiary/aromatic N) is 1. The number of carbonyl (C=O) groups excluding carboxylic acids is 1. The lowest BCUT2D eigenvalue weighted by molar-refractivity contribution is 0.0712. The molecular weight excluding hydrogens is 205 g/mol. The predicted molar refractivity (Wildman–Crippen MR) is 63.0 cm³/mol. The van der Waals surface area contributed by atoms with Crippen molar-refractivity contribution in [1.82, 2.24) is 4.90 Å². The smallest absolute Gasteiger partial charge is 0.257 e. The zero-order valence-corrected chi connectivity index (χ0v) is 10.2. The third-order valence-electron chi connectivity index (χ3n) is 2.58. The van der Waals surface area contributed by atoms with Gasteiger partial charge in [-0.15, -0.1) is 0 Å². The molecule has 2 nitrogen and oxygen atoms in total. The molecule has 3 heteroatoms. The Hall–Kier alpha value is -1.38. The lowest BCUT2D eigenvalue weighted by Gasteiger charge is -2.25. The van der Waals surface area contributed by atoms with Gasteiger partial charge in [0.05, 0.1) is 5.56 Å². The summed E-state index contributed by atoms with van der Waals surface area (Å²) in [5, 5.41) is 0. The zero-order chi connectivity index (χ0) is 12.3. The van der Waals surface area contributed by atoms with Crippen molar-refractivity contribution in [3.63, 3.8) is 0 Å². The van der Waals surface area contributed by atoms with Crippen LogP contribution in [0.25, 0.3) is 0 Å². The first-order valence-corrected chi connectivity index (χ1v) is 5.54. The Labute approximate surface area is 96.1 Å². The number of carbonyl (C=O) groups is 1. The molecule has 88 valence electrons. The van der Waals surface area contributed by atoms with E-state index in [1.54, 1.807) is 24.0 Å². The van der Waals surface area contributed by atoms with E-state index < -0.39 is 5.82 Å². The molecule has 0 bridgehead atoms. The Morgan fingerprint density at radius 1 is 1.44 bits per heavy atom. The van der Waals surface area contributed by atoms with Crippen molar-refractivity contribution < 1.29 is 9.18 Å². The molecule has 1 aromatic rings. The van der Waals surface area contributed by atoms with Crippen LogP contribution in [0.2, 0.25) is 0 Å². The molecule has 0 saturated heterocycles. The molecule has 0 aromatic heterocycles. The van der Waals surface area contributed by atoms with Crippen molar-refractivity contribution in [2.24, 2.45) is 0 Å². The number of halogens is 1. The molecule has 0 spiro atoms. The molecule has 0 N–H and O–H groups in total. The van der Waals surface area contributed by atoms with E-state index in [-0.39, 0.29) is 17.5 Å². The number of hydrogen-bond acceptors (Lipinski definition) is 1. The molecule has 0 aliphatic heterocycles. The van der Waals surface area contributed by atoms with Crippen LogP contribution in [0.1, 0.15) is 36.7 Å². The number of amides is 1. The van der Waals surface area contributed by atoms with Gasteiger partial charge in [-0.2, -0.15) is 0 Å². The average molecular weight is 223 g/mol. The molecule has 0 unspecified atom stereocenters. The molecule has 1 amide bonds. The van der Waals surface area contributed by atoms with Crippen molar-refractivity contribution in [2.75, 3.05) is 6.54 Å². The van der Waals surface area contributed by atoms with E-state index in [4.69, 9.17) is 0 Å². The summed E-state index contributed by atoms with van der Waals surface area (Å²) < 4.78 is 13.6. The van der Waals surface area contributed by atoms with Gasteiger partial charge in [0.25, 0.3) is 5.91 Å². The zero-order valence-electron chi connectivity index (χ0n) is 10.2. The first-order valence-electron chi connectivity index (χ1n) is 5.54. The average Bonchev–Trinajstić information content (AvgIpc) is 2.17. The Kier molecular flexibility index (Phi) is 4.05. The van der Waals surface area contributed by atoms with Crippen LogP contribution < -0.4 is 0 Å². The number of hydrogen-bond donors (Lipinski definition) is 0. The number of aryl methyl sites for hydroxylation is 1. The maximum Gasteiger partial charge on any atom is 0.257 e. The van der Waals surface area contributed by atoms with E-state index in [0.29, 0.717) is 6.54 Å². The first kappa shape index (κ1) is 12.7. The summed E-state index contributed by atoms with van der Waals surface area (Å²) in [4.78, 5) is 13.7. The van der Waals surface area contributed by atoms with Crippen molar-refractivity contribution in [1.29, 1.82) is 0 Å². The van der Waals surface area contributed by atoms with Crippen LogP contribution in [0.5, 0.6) is 0 Å². The molecule has 0 radical (unpaired) electrons. The molecule has 1 aromatic carbocycles. The van der Waals surface area contributed by atoms with Crippen LogP contribution in [-0.2, 0) is 0 Å². The van der Waals surface area contributed by atoms with Crippen LogP contribution in [0.4, 0.5) is 4.39 Å². The highest BCUT2D eigenvalue weighted by molar-refractivity contribution is 5.94.